The van der Waals surface area contributed by atoms with Crippen molar-refractivity contribution in [1.82, 2.24) is 9.78 Å². The van der Waals surface area contributed by atoms with E-state index in [-0.39, 0.29) is 0 Å². The van der Waals surface area contributed by atoms with Crippen molar-refractivity contribution in [2.75, 3.05) is 0 Å². The van der Waals surface area contributed by atoms with Gasteiger partial charge in [0.25, 0.3) is 0 Å². The first-order chi connectivity index (χ1) is 9.88. The lowest BCUT2D eigenvalue weighted by molar-refractivity contribution is 0.0702. The molecule has 4 nitrogen and oxygen atoms in total. The van der Waals surface area contributed by atoms with E-state index in [1.165, 1.54) is 16.9 Å². The van der Waals surface area contributed by atoms with Gasteiger partial charge in [-0.25, -0.2) is 9.48 Å². The van der Waals surface area contributed by atoms with E-state index in [0.717, 1.165) is 32.7 Å². The summed E-state index contributed by atoms with van der Waals surface area (Å²) in [6.45, 7) is 8.10. The predicted molar refractivity (Wildman–Crippen MR) is 84.9 cm³/mol. The Balaban J connectivity index is 2.33. The quantitative estimate of drug-likeness (QED) is 0.777. The molecule has 0 unspecified atom stereocenters. The monoisotopic (exact) mass is 300 g/mol. The minimum atomic E-state index is -0.889. The van der Waals surface area contributed by atoms with Crippen LogP contribution in [0.25, 0.3) is 15.9 Å². The molecule has 2 aromatic heterocycles. The van der Waals surface area contributed by atoms with E-state index < -0.39 is 5.97 Å². The van der Waals surface area contributed by atoms with Gasteiger partial charge in [0.2, 0.25) is 0 Å². The molecule has 0 saturated heterocycles. The van der Waals surface area contributed by atoms with E-state index in [4.69, 9.17) is 0 Å². The van der Waals surface area contributed by atoms with Gasteiger partial charge in [-0.15, -0.1) is 11.3 Å². The van der Waals surface area contributed by atoms with Crippen LogP contribution in [-0.2, 0) is 0 Å². The van der Waals surface area contributed by atoms with Crippen LogP contribution in [0.3, 0.4) is 0 Å². The third-order valence-corrected chi connectivity index (χ3v) is 4.70. The van der Waals surface area contributed by atoms with Gasteiger partial charge in [-0.2, -0.15) is 5.10 Å². The summed E-state index contributed by atoms with van der Waals surface area (Å²) < 4.78 is 1.88. The number of hydrogen-bond donors (Lipinski definition) is 1. The average molecular weight is 300 g/mol. The van der Waals surface area contributed by atoms with Gasteiger partial charge in [0.1, 0.15) is 9.71 Å². The lowest BCUT2D eigenvalue weighted by atomic mass is 10.1. The minimum Gasteiger partial charge on any atom is -0.477 e. The number of benzene rings is 1. The van der Waals surface area contributed by atoms with Gasteiger partial charge in [-0.3, -0.25) is 0 Å². The van der Waals surface area contributed by atoms with Crippen molar-refractivity contribution >= 4 is 27.5 Å². The first-order valence-corrected chi connectivity index (χ1v) is 7.51. The molecule has 0 bridgehead atoms. The minimum absolute atomic E-state index is 0.349. The Morgan fingerprint density at radius 1 is 1.14 bits per heavy atom. The lowest BCUT2D eigenvalue weighted by Gasteiger charge is -2.11. The molecule has 0 radical (unpaired) electrons. The van der Waals surface area contributed by atoms with Crippen LogP contribution in [0.15, 0.2) is 18.2 Å². The number of nitrogens with zero attached hydrogens (tertiary/aromatic N) is 2. The van der Waals surface area contributed by atoms with Crippen molar-refractivity contribution in [3.8, 4) is 5.69 Å². The first-order valence-electron chi connectivity index (χ1n) is 6.69. The Hall–Kier alpha value is -2.14. The Morgan fingerprint density at radius 3 is 2.33 bits per heavy atom. The van der Waals surface area contributed by atoms with Crippen LogP contribution < -0.4 is 0 Å². The number of aromatic nitrogens is 2. The topological polar surface area (TPSA) is 55.1 Å². The van der Waals surface area contributed by atoms with Crippen LogP contribution >= 0.6 is 11.3 Å². The molecular weight excluding hydrogens is 284 g/mol. The molecule has 0 aliphatic heterocycles. The zero-order chi connectivity index (χ0) is 15.3. The van der Waals surface area contributed by atoms with Crippen molar-refractivity contribution in [2.45, 2.75) is 27.7 Å². The highest BCUT2D eigenvalue weighted by Gasteiger charge is 2.18. The predicted octanol–water partition coefficient (Wildman–Crippen LogP) is 4.02. The molecule has 0 amide bonds. The summed E-state index contributed by atoms with van der Waals surface area (Å²) in [6, 6.07) is 5.95. The maximum absolute atomic E-state index is 11.2. The summed E-state index contributed by atoms with van der Waals surface area (Å²) in [5.74, 6) is -0.889. The third-order valence-electron chi connectivity index (χ3n) is 3.60. The van der Waals surface area contributed by atoms with Crippen LogP contribution in [-0.4, -0.2) is 20.9 Å². The fourth-order valence-corrected chi connectivity index (χ4v) is 3.82. The van der Waals surface area contributed by atoms with E-state index in [2.05, 4.69) is 38.0 Å². The zero-order valence-corrected chi connectivity index (χ0v) is 13.2. The van der Waals surface area contributed by atoms with Gasteiger partial charge in [-0.05, 0) is 44.9 Å². The van der Waals surface area contributed by atoms with E-state index >= 15 is 0 Å². The number of thiophene rings is 1. The second-order valence-electron chi connectivity index (χ2n) is 5.38. The highest BCUT2D eigenvalue weighted by atomic mass is 32.1. The van der Waals surface area contributed by atoms with Crippen LogP contribution in [0, 0.1) is 27.7 Å². The van der Waals surface area contributed by atoms with Crippen LogP contribution in [0.4, 0.5) is 0 Å². The normalized spacial score (nSPS) is 11.2. The summed E-state index contributed by atoms with van der Waals surface area (Å²) in [5.41, 5.74) is 5.39. The smallest absolute Gasteiger partial charge is 0.345 e. The molecule has 108 valence electrons. The van der Waals surface area contributed by atoms with Crippen molar-refractivity contribution < 1.29 is 9.90 Å². The van der Waals surface area contributed by atoms with Gasteiger partial charge < -0.3 is 5.11 Å². The molecule has 0 atom stereocenters. The lowest BCUT2D eigenvalue weighted by Crippen LogP contribution is -2.02. The summed E-state index contributed by atoms with van der Waals surface area (Å²) in [4.78, 5) is 12.4. The van der Waals surface area contributed by atoms with E-state index in [1.807, 2.05) is 11.6 Å². The molecule has 1 aromatic carbocycles. The maximum Gasteiger partial charge on any atom is 0.345 e. The van der Waals surface area contributed by atoms with Crippen molar-refractivity contribution in [1.29, 1.82) is 0 Å². The molecule has 3 rings (SSSR count). The fraction of sp³-hybridized carbons (Fsp3) is 0.250. The summed E-state index contributed by atoms with van der Waals surface area (Å²) in [7, 11) is 0. The number of fused-ring (bicyclic) bond motifs is 1. The molecule has 0 fully saturated rings. The van der Waals surface area contributed by atoms with Crippen LogP contribution in [0.5, 0.6) is 0 Å². The molecule has 0 aliphatic rings. The molecular formula is C16H16N2O2S. The SMILES string of the molecule is Cc1cc(C)c(-n2nc(C)c3cc(C(=O)O)sc32)c(C)c1. The molecule has 21 heavy (non-hydrogen) atoms. The first kappa shape index (κ1) is 13.8. The summed E-state index contributed by atoms with van der Waals surface area (Å²) in [6.07, 6.45) is 0. The number of aromatic carboxylic acids is 1. The second kappa shape index (κ2) is 4.70. The Morgan fingerprint density at radius 2 is 1.76 bits per heavy atom. The Bertz CT molecular complexity index is 851. The van der Waals surface area contributed by atoms with Gasteiger partial charge in [0, 0.05) is 5.39 Å². The largest absolute Gasteiger partial charge is 0.477 e. The van der Waals surface area contributed by atoms with Crippen LogP contribution in [0.2, 0.25) is 0 Å². The Kier molecular flexibility index (Phi) is 3.10. The van der Waals surface area contributed by atoms with Crippen molar-refractivity contribution in [3.05, 3.63) is 45.5 Å². The number of hydrogen-bond acceptors (Lipinski definition) is 3. The molecule has 0 aliphatic carbocycles. The van der Waals surface area contributed by atoms with Gasteiger partial charge in [0.05, 0.1) is 11.4 Å². The summed E-state index contributed by atoms with van der Waals surface area (Å²) >= 11 is 1.27. The van der Waals surface area contributed by atoms with E-state index in [0.29, 0.717) is 4.88 Å². The number of rotatable bonds is 2. The molecule has 0 spiro atoms. The number of carbonyl (C=O) groups is 1. The molecule has 0 saturated carbocycles. The highest BCUT2D eigenvalue weighted by molar-refractivity contribution is 7.20. The van der Waals surface area contributed by atoms with Crippen molar-refractivity contribution in [2.24, 2.45) is 0 Å². The zero-order valence-electron chi connectivity index (χ0n) is 12.4. The molecule has 5 heteroatoms. The van der Waals surface area contributed by atoms with E-state index in [9.17, 15) is 9.90 Å². The molecule has 2 heterocycles. The van der Waals surface area contributed by atoms with E-state index in [1.54, 1.807) is 6.07 Å². The van der Waals surface area contributed by atoms with Gasteiger partial charge >= 0.3 is 5.97 Å². The van der Waals surface area contributed by atoms with Gasteiger partial charge in [0.15, 0.2) is 0 Å². The number of carboxylic acids is 1. The number of aryl methyl sites for hydroxylation is 4. The maximum atomic E-state index is 11.2. The highest BCUT2D eigenvalue weighted by Crippen LogP contribution is 2.32. The summed E-state index contributed by atoms with van der Waals surface area (Å²) in [5, 5.41) is 14.7. The molecule has 3 aromatic rings. The third kappa shape index (κ3) is 2.14. The van der Waals surface area contributed by atoms with Gasteiger partial charge in [-0.1, -0.05) is 17.7 Å². The second-order valence-corrected chi connectivity index (χ2v) is 6.41. The van der Waals surface area contributed by atoms with Crippen LogP contribution in [0.1, 0.15) is 32.1 Å². The fourth-order valence-electron chi connectivity index (χ4n) is 2.81. The average Bonchev–Trinajstić information content (AvgIpc) is 2.90. The molecule has 1 N–H and O–H groups in total. The Labute approximate surface area is 126 Å². The van der Waals surface area contributed by atoms with Crippen molar-refractivity contribution in [3.63, 3.8) is 0 Å². The number of carboxylic acid groups (broad SMARTS) is 1. The standard InChI is InChI=1S/C16H16N2O2S/c1-8-5-9(2)14(10(3)6-8)18-15-12(11(4)17-18)7-13(21-15)16(19)20/h5-7H,1-4H3,(H,19,20).